The van der Waals surface area contributed by atoms with Crippen LogP contribution in [0.5, 0.6) is 6.01 Å². The summed E-state index contributed by atoms with van der Waals surface area (Å²) in [6.45, 7) is 0. The Balaban J connectivity index is 2.33. The van der Waals surface area contributed by atoms with E-state index in [-0.39, 0.29) is 0 Å². The molecule has 2 rings (SSSR count). The van der Waals surface area contributed by atoms with Crippen molar-refractivity contribution in [3.8, 4) is 11.7 Å². The van der Waals surface area contributed by atoms with E-state index in [0.29, 0.717) is 17.5 Å². The van der Waals surface area contributed by atoms with Crippen molar-refractivity contribution >= 4 is 5.82 Å². The molecule has 0 unspecified atom stereocenters. The molecule has 2 heterocycles. The zero-order valence-corrected chi connectivity index (χ0v) is 7.45. The highest BCUT2D eigenvalue weighted by molar-refractivity contribution is 5.27. The monoisotopic (exact) mass is 192 g/mol. The number of hydrogen-bond donors (Lipinski definition) is 1. The van der Waals surface area contributed by atoms with Gasteiger partial charge in [-0.25, -0.2) is 9.97 Å². The minimum Gasteiger partial charge on any atom is -0.467 e. The van der Waals surface area contributed by atoms with Gasteiger partial charge in [0.2, 0.25) is 0 Å². The molecule has 0 bridgehead atoms. The second-order valence-electron chi connectivity index (χ2n) is 2.49. The number of nitrogens with zero attached hydrogens (tertiary/aromatic N) is 5. The van der Waals surface area contributed by atoms with Crippen molar-refractivity contribution in [3.05, 3.63) is 18.6 Å². The van der Waals surface area contributed by atoms with E-state index >= 15 is 0 Å². The topological polar surface area (TPSA) is 91.7 Å². The molecule has 7 heteroatoms. The summed E-state index contributed by atoms with van der Waals surface area (Å²) in [6.07, 6.45) is 4.54. The second-order valence-corrected chi connectivity index (χ2v) is 2.49. The Hall–Kier alpha value is -2.18. The van der Waals surface area contributed by atoms with Crippen molar-refractivity contribution in [2.75, 3.05) is 12.8 Å². The summed E-state index contributed by atoms with van der Waals surface area (Å²) in [7, 11) is 1.50. The van der Waals surface area contributed by atoms with Gasteiger partial charge in [0, 0.05) is 0 Å². The molecule has 14 heavy (non-hydrogen) atoms. The predicted molar refractivity (Wildman–Crippen MR) is 47.9 cm³/mol. The van der Waals surface area contributed by atoms with Crippen molar-refractivity contribution in [2.24, 2.45) is 0 Å². The van der Waals surface area contributed by atoms with E-state index in [2.05, 4.69) is 20.2 Å². The van der Waals surface area contributed by atoms with Crippen molar-refractivity contribution in [1.82, 2.24) is 25.0 Å². The molecule has 0 fully saturated rings. The third-order valence-electron chi connectivity index (χ3n) is 1.54. The first-order valence-corrected chi connectivity index (χ1v) is 3.84. The maximum Gasteiger partial charge on any atom is 0.316 e. The van der Waals surface area contributed by atoms with Gasteiger partial charge in [0.1, 0.15) is 5.69 Å². The molecule has 0 amide bonds. The van der Waals surface area contributed by atoms with Crippen LogP contribution in [0.4, 0.5) is 5.82 Å². The molecule has 2 aromatic heterocycles. The van der Waals surface area contributed by atoms with Gasteiger partial charge in [-0.05, 0) is 0 Å². The lowest BCUT2D eigenvalue weighted by atomic mass is 10.6. The first kappa shape index (κ1) is 8.42. The van der Waals surface area contributed by atoms with Crippen LogP contribution in [0.15, 0.2) is 18.6 Å². The van der Waals surface area contributed by atoms with Crippen LogP contribution in [0, 0.1) is 0 Å². The van der Waals surface area contributed by atoms with E-state index in [4.69, 9.17) is 10.5 Å². The van der Waals surface area contributed by atoms with E-state index in [1.165, 1.54) is 18.1 Å². The van der Waals surface area contributed by atoms with Gasteiger partial charge in [0.25, 0.3) is 0 Å². The summed E-state index contributed by atoms with van der Waals surface area (Å²) in [5, 5.41) is 7.80. The van der Waals surface area contributed by atoms with E-state index in [0.717, 1.165) is 0 Å². The Morgan fingerprint density at radius 1 is 1.29 bits per heavy atom. The maximum absolute atomic E-state index is 5.41. The van der Waals surface area contributed by atoms with Gasteiger partial charge in [0.05, 0.1) is 25.7 Å². The molecule has 0 radical (unpaired) electrons. The van der Waals surface area contributed by atoms with Gasteiger partial charge in [-0.1, -0.05) is 0 Å². The van der Waals surface area contributed by atoms with Crippen LogP contribution in [0.25, 0.3) is 5.69 Å². The molecule has 0 saturated carbocycles. The Bertz CT molecular complexity index is 422. The SMILES string of the molecule is COc1ncc(-n2ncc(N)n2)cn1. The standard InChI is InChI=1S/C7H8N6O/c1-14-7-9-2-5(3-10-7)13-11-4-6(8)12-13/h2-4H,1H3,(H2,8,12). The van der Waals surface area contributed by atoms with Crippen LogP contribution in [0.2, 0.25) is 0 Å². The van der Waals surface area contributed by atoms with Crippen LogP contribution in [-0.2, 0) is 0 Å². The second kappa shape index (κ2) is 3.29. The number of ether oxygens (including phenoxy) is 1. The van der Waals surface area contributed by atoms with Crippen LogP contribution < -0.4 is 10.5 Å². The third kappa shape index (κ3) is 1.47. The highest BCUT2D eigenvalue weighted by Crippen LogP contribution is 2.05. The third-order valence-corrected chi connectivity index (χ3v) is 1.54. The minimum absolute atomic E-state index is 0.300. The van der Waals surface area contributed by atoms with Crippen LogP contribution in [-0.4, -0.2) is 32.1 Å². The summed E-state index contributed by atoms with van der Waals surface area (Å²) < 4.78 is 4.81. The molecular weight excluding hydrogens is 184 g/mol. The number of methoxy groups -OCH3 is 1. The van der Waals surface area contributed by atoms with Gasteiger partial charge < -0.3 is 10.5 Å². The van der Waals surface area contributed by atoms with Crippen molar-refractivity contribution < 1.29 is 4.74 Å². The molecule has 2 aromatic rings. The first-order valence-electron chi connectivity index (χ1n) is 3.84. The first-order chi connectivity index (χ1) is 6.79. The molecule has 0 saturated heterocycles. The van der Waals surface area contributed by atoms with Gasteiger partial charge in [-0.3, -0.25) is 0 Å². The number of hydrogen-bond acceptors (Lipinski definition) is 6. The lowest BCUT2D eigenvalue weighted by Crippen LogP contribution is -2.01. The van der Waals surface area contributed by atoms with Crippen molar-refractivity contribution in [1.29, 1.82) is 0 Å². The summed E-state index contributed by atoms with van der Waals surface area (Å²) in [5.74, 6) is 0.348. The van der Waals surface area contributed by atoms with E-state index < -0.39 is 0 Å². The highest BCUT2D eigenvalue weighted by Gasteiger charge is 2.01. The van der Waals surface area contributed by atoms with E-state index in [1.54, 1.807) is 12.4 Å². The molecule has 0 spiro atoms. The molecular formula is C7H8N6O. The quantitative estimate of drug-likeness (QED) is 0.699. The number of aromatic nitrogens is 5. The average molecular weight is 192 g/mol. The van der Waals surface area contributed by atoms with Gasteiger partial charge in [-0.15, -0.1) is 9.90 Å². The highest BCUT2D eigenvalue weighted by atomic mass is 16.5. The summed E-state index contributed by atoms with van der Waals surface area (Å²) in [4.78, 5) is 9.16. The number of nitrogen functional groups attached to an aromatic ring is 1. The van der Waals surface area contributed by atoms with Crippen LogP contribution >= 0.6 is 0 Å². The Morgan fingerprint density at radius 2 is 2.00 bits per heavy atom. The predicted octanol–water partition coefficient (Wildman–Crippen LogP) is -0.352. The fourth-order valence-electron chi connectivity index (χ4n) is 0.917. The molecule has 2 N–H and O–H groups in total. The van der Waals surface area contributed by atoms with Crippen LogP contribution in [0.3, 0.4) is 0 Å². The van der Waals surface area contributed by atoms with Gasteiger partial charge >= 0.3 is 6.01 Å². The van der Waals surface area contributed by atoms with Crippen molar-refractivity contribution in [3.63, 3.8) is 0 Å². The molecule has 0 aromatic carbocycles. The molecule has 72 valence electrons. The van der Waals surface area contributed by atoms with Gasteiger partial charge in [0.15, 0.2) is 5.82 Å². The fraction of sp³-hybridized carbons (Fsp3) is 0.143. The molecule has 0 aliphatic rings. The minimum atomic E-state index is 0.300. The summed E-state index contributed by atoms with van der Waals surface area (Å²) >= 11 is 0. The maximum atomic E-state index is 5.41. The summed E-state index contributed by atoms with van der Waals surface area (Å²) in [5.41, 5.74) is 6.04. The number of anilines is 1. The Morgan fingerprint density at radius 3 is 2.50 bits per heavy atom. The zero-order chi connectivity index (χ0) is 9.97. The number of nitrogens with two attached hydrogens (primary N) is 1. The normalized spacial score (nSPS) is 10.1. The van der Waals surface area contributed by atoms with Gasteiger partial charge in [-0.2, -0.15) is 5.10 Å². The van der Waals surface area contributed by atoms with Crippen LogP contribution in [0.1, 0.15) is 0 Å². The van der Waals surface area contributed by atoms with Crippen molar-refractivity contribution in [2.45, 2.75) is 0 Å². The smallest absolute Gasteiger partial charge is 0.316 e. The molecule has 0 aliphatic carbocycles. The fourth-order valence-corrected chi connectivity index (χ4v) is 0.917. The lowest BCUT2D eigenvalue weighted by molar-refractivity contribution is 0.379. The van der Waals surface area contributed by atoms with E-state index in [1.807, 2.05) is 0 Å². The average Bonchev–Trinajstić information content (AvgIpc) is 2.65. The van der Waals surface area contributed by atoms with E-state index in [9.17, 15) is 0 Å². The molecule has 7 nitrogen and oxygen atoms in total. The Kier molecular flexibility index (Phi) is 1.98. The molecule has 0 atom stereocenters. The largest absolute Gasteiger partial charge is 0.467 e. The zero-order valence-electron chi connectivity index (χ0n) is 7.45. The summed E-state index contributed by atoms with van der Waals surface area (Å²) in [6, 6.07) is 0.300. The lowest BCUT2D eigenvalue weighted by Gasteiger charge is -1.99. The number of rotatable bonds is 2. The molecule has 0 aliphatic heterocycles. The Labute approximate surface area is 79.5 Å².